The molecule has 0 spiro atoms. The Morgan fingerprint density at radius 1 is 1.33 bits per heavy atom. The SMILES string of the molecule is N#Cc1cc(Br)ccc1NC(=O)C1CC2CC2C1. The van der Waals surface area contributed by atoms with E-state index in [1.54, 1.807) is 12.1 Å². The quantitative estimate of drug-likeness (QED) is 0.911. The molecule has 18 heavy (non-hydrogen) atoms. The first-order chi connectivity index (χ1) is 8.67. The third kappa shape index (κ3) is 2.15. The normalized spacial score (nSPS) is 28.3. The summed E-state index contributed by atoms with van der Waals surface area (Å²) < 4.78 is 0.846. The molecule has 2 fully saturated rings. The number of hydrogen-bond acceptors (Lipinski definition) is 2. The molecule has 1 N–H and O–H groups in total. The second kappa shape index (κ2) is 4.40. The van der Waals surface area contributed by atoms with E-state index in [1.165, 1.54) is 6.42 Å². The first kappa shape index (κ1) is 11.7. The fourth-order valence-electron chi connectivity index (χ4n) is 2.88. The molecule has 0 saturated heterocycles. The minimum atomic E-state index is 0.0704. The minimum Gasteiger partial charge on any atom is -0.325 e. The van der Waals surface area contributed by atoms with E-state index in [2.05, 4.69) is 27.3 Å². The molecule has 0 aromatic heterocycles. The van der Waals surface area contributed by atoms with E-state index in [1.807, 2.05) is 6.07 Å². The van der Waals surface area contributed by atoms with Crippen LogP contribution in [0, 0.1) is 29.1 Å². The summed E-state index contributed by atoms with van der Waals surface area (Å²) >= 11 is 3.32. The lowest BCUT2D eigenvalue weighted by Gasteiger charge is -2.13. The van der Waals surface area contributed by atoms with Crippen molar-refractivity contribution in [3.05, 3.63) is 28.2 Å². The van der Waals surface area contributed by atoms with Gasteiger partial charge >= 0.3 is 0 Å². The van der Waals surface area contributed by atoms with Gasteiger partial charge in [-0.05, 0) is 49.3 Å². The highest BCUT2D eigenvalue weighted by Gasteiger charge is 2.48. The van der Waals surface area contributed by atoms with Crippen LogP contribution in [0.15, 0.2) is 22.7 Å². The molecule has 2 unspecified atom stereocenters. The second-order valence-corrected chi connectivity index (χ2v) is 6.13. The fourth-order valence-corrected chi connectivity index (χ4v) is 3.24. The molecule has 3 nitrogen and oxygen atoms in total. The summed E-state index contributed by atoms with van der Waals surface area (Å²) in [6.45, 7) is 0. The zero-order valence-corrected chi connectivity index (χ0v) is 11.4. The number of nitrogens with one attached hydrogen (secondary N) is 1. The maximum atomic E-state index is 12.1. The maximum absolute atomic E-state index is 12.1. The van der Waals surface area contributed by atoms with Gasteiger partial charge < -0.3 is 5.32 Å². The van der Waals surface area contributed by atoms with Crippen molar-refractivity contribution in [3.8, 4) is 6.07 Å². The van der Waals surface area contributed by atoms with Crippen LogP contribution in [-0.4, -0.2) is 5.91 Å². The lowest BCUT2D eigenvalue weighted by molar-refractivity contribution is -0.120. The molecule has 0 bridgehead atoms. The van der Waals surface area contributed by atoms with Crippen molar-refractivity contribution in [2.24, 2.45) is 17.8 Å². The standard InChI is InChI=1S/C14H13BrN2O/c15-12-1-2-13(11(6-12)7-16)17-14(18)10-4-8-3-9(8)5-10/h1-2,6,8-10H,3-5H2,(H,17,18). The number of anilines is 1. The second-order valence-electron chi connectivity index (χ2n) is 5.22. The van der Waals surface area contributed by atoms with Crippen LogP contribution in [0.3, 0.4) is 0 Å². The highest BCUT2D eigenvalue weighted by molar-refractivity contribution is 9.10. The van der Waals surface area contributed by atoms with Crippen LogP contribution in [0.2, 0.25) is 0 Å². The molecule has 1 aromatic rings. The van der Waals surface area contributed by atoms with Gasteiger partial charge in [-0.15, -0.1) is 0 Å². The van der Waals surface area contributed by atoms with E-state index in [0.29, 0.717) is 11.3 Å². The van der Waals surface area contributed by atoms with Crippen LogP contribution in [0.4, 0.5) is 5.69 Å². The van der Waals surface area contributed by atoms with Crippen molar-refractivity contribution in [1.82, 2.24) is 0 Å². The maximum Gasteiger partial charge on any atom is 0.227 e. The Hall–Kier alpha value is -1.34. The first-order valence-corrected chi connectivity index (χ1v) is 6.97. The number of nitriles is 1. The number of nitrogens with zero attached hydrogens (tertiary/aromatic N) is 1. The third-order valence-electron chi connectivity index (χ3n) is 3.97. The van der Waals surface area contributed by atoms with E-state index < -0.39 is 0 Å². The van der Waals surface area contributed by atoms with Gasteiger partial charge in [-0.1, -0.05) is 15.9 Å². The van der Waals surface area contributed by atoms with Gasteiger partial charge in [-0.2, -0.15) is 5.26 Å². The van der Waals surface area contributed by atoms with Crippen LogP contribution < -0.4 is 5.32 Å². The Morgan fingerprint density at radius 3 is 2.72 bits per heavy atom. The van der Waals surface area contributed by atoms with Crippen LogP contribution >= 0.6 is 15.9 Å². The highest BCUT2D eigenvalue weighted by Crippen LogP contribution is 2.54. The van der Waals surface area contributed by atoms with Gasteiger partial charge in [-0.25, -0.2) is 0 Å². The Balaban J connectivity index is 1.72. The number of halogens is 1. The van der Waals surface area contributed by atoms with Crippen LogP contribution in [0.25, 0.3) is 0 Å². The van der Waals surface area contributed by atoms with Gasteiger partial charge in [0.2, 0.25) is 5.91 Å². The summed E-state index contributed by atoms with van der Waals surface area (Å²) in [6.07, 6.45) is 3.36. The molecule has 2 saturated carbocycles. The van der Waals surface area contributed by atoms with Gasteiger partial charge in [0.25, 0.3) is 0 Å². The minimum absolute atomic E-state index is 0.0704. The van der Waals surface area contributed by atoms with Gasteiger partial charge in [0.1, 0.15) is 6.07 Å². The predicted octanol–water partition coefficient (Wildman–Crippen LogP) is 3.31. The number of rotatable bonds is 2. The summed E-state index contributed by atoms with van der Waals surface area (Å²) in [7, 11) is 0. The molecule has 0 radical (unpaired) electrons. The number of benzene rings is 1. The molecule has 1 aromatic carbocycles. The lowest BCUT2D eigenvalue weighted by atomic mass is 10.0. The molecule has 2 atom stereocenters. The van der Waals surface area contributed by atoms with Crippen LogP contribution in [0.1, 0.15) is 24.8 Å². The van der Waals surface area contributed by atoms with Crippen molar-refractivity contribution < 1.29 is 4.79 Å². The van der Waals surface area contributed by atoms with Crippen molar-refractivity contribution in [3.63, 3.8) is 0 Å². The van der Waals surface area contributed by atoms with Crippen molar-refractivity contribution in [1.29, 1.82) is 5.26 Å². The third-order valence-corrected chi connectivity index (χ3v) is 4.47. The predicted molar refractivity (Wildman–Crippen MR) is 71.8 cm³/mol. The van der Waals surface area contributed by atoms with E-state index in [9.17, 15) is 4.79 Å². The zero-order chi connectivity index (χ0) is 12.7. The lowest BCUT2D eigenvalue weighted by Crippen LogP contribution is -2.22. The molecule has 1 amide bonds. The average Bonchev–Trinajstić information content (AvgIpc) is 2.98. The van der Waals surface area contributed by atoms with Crippen LogP contribution in [0.5, 0.6) is 0 Å². The van der Waals surface area contributed by atoms with Gasteiger partial charge in [-0.3, -0.25) is 4.79 Å². The smallest absolute Gasteiger partial charge is 0.227 e. The van der Waals surface area contributed by atoms with Crippen molar-refractivity contribution in [2.45, 2.75) is 19.3 Å². The van der Waals surface area contributed by atoms with Gasteiger partial charge in [0.15, 0.2) is 0 Å². The Kier molecular flexibility index (Phi) is 2.87. The summed E-state index contributed by atoms with van der Waals surface area (Å²) in [4.78, 5) is 12.1. The Labute approximate surface area is 114 Å². The molecule has 2 aliphatic rings. The molecule has 3 rings (SSSR count). The fraction of sp³-hybridized carbons (Fsp3) is 0.429. The number of carbonyl (C=O) groups is 1. The van der Waals surface area contributed by atoms with Gasteiger partial charge in [0, 0.05) is 10.4 Å². The first-order valence-electron chi connectivity index (χ1n) is 6.18. The van der Waals surface area contributed by atoms with Gasteiger partial charge in [0.05, 0.1) is 11.3 Å². The van der Waals surface area contributed by atoms with Crippen LogP contribution in [-0.2, 0) is 4.79 Å². The zero-order valence-electron chi connectivity index (χ0n) is 9.82. The summed E-state index contributed by atoms with van der Waals surface area (Å²) in [5.41, 5.74) is 1.12. The van der Waals surface area contributed by atoms with Crippen molar-refractivity contribution in [2.75, 3.05) is 5.32 Å². The Bertz CT molecular complexity index is 539. The molecule has 0 heterocycles. The molecule has 92 valence electrons. The largest absolute Gasteiger partial charge is 0.325 e. The number of amides is 1. The molecule has 4 heteroatoms. The van der Waals surface area contributed by atoms with E-state index in [4.69, 9.17) is 5.26 Å². The average molecular weight is 305 g/mol. The number of hydrogen-bond donors (Lipinski definition) is 1. The van der Waals surface area contributed by atoms with Crippen molar-refractivity contribution >= 4 is 27.5 Å². The monoisotopic (exact) mass is 304 g/mol. The van der Waals surface area contributed by atoms with E-state index >= 15 is 0 Å². The summed E-state index contributed by atoms with van der Waals surface area (Å²) in [5.74, 6) is 1.80. The Morgan fingerprint density at radius 2 is 2.06 bits per heavy atom. The highest BCUT2D eigenvalue weighted by atomic mass is 79.9. The number of carbonyl (C=O) groups excluding carboxylic acids is 1. The molecular formula is C14H13BrN2O. The molecule has 0 aliphatic heterocycles. The number of fused-ring (bicyclic) bond motifs is 1. The molecule has 2 aliphatic carbocycles. The van der Waals surface area contributed by atoms with E-state index in [0.717, 1.165) is 29.2 Å². The van der Waals surface area contributed by atoms with E-state index in [-0.39, 0.29) is 11.8 Å². The summed E-state index contributed by atoms with van der Waals surface area (Å²) in [5, 5.41) is 11.9. The summed E-state index contributed by atoms with van der Waals surface area (Å²) in [6, 6.07) is 7.44. The topological polar surface area (TPSA) is 52.9 Å². The molecular weight excluding hydrogens is 292 g/mol.